The maximum Gasteiger partial charge on any atom is 0.358 e. The van der Waals surface area contributed by atoms with E-state index in [9.17, 15) is 9.59 Å². The number of hydrogen-bond donors (Lipinski definition) is 1. The zero-order chi connectivity index (χ0) is 15.4. The number of nitrogens with zero attached hydrogens (tertiary/aromatic N) is 4. The van der Waals surface area contributed by atoms with Crippen LogP contribution in [-0.2, 0) is 11.2 Å². The highest BCUT2D eigenvalue weighted by molar-refractivity contribution is 5.87. The summed E-state index contributed by atoms with van der Waals surface area (Å²) >= 11 is 0. The maximum absolute atomic E-state index is 12.5. The predicted molar refractivity (Wildman–Crippen MR) is 76.1 cm³/mol. The van der Waals surface area contributed by atoms with Gasteiger partial charge in [-0.15, -0.1) is 5.10 Å². The zero-order valence-electron chi connectivity index (χ0n) is 12.6. The Morgan fingerprint density at radius 1 is 1.29 bits per heavy atom. The van der Waals surface area contributed by atoms with E-state index >= 15 is 0 Å². The zero-order valence-corrected chi connectivity index (χ0v) is 12.6. The van der Waals surface area contributed by atoms with Crippen LogP contribution in [0, 0.1) is 0 Å². The van der Waals surface area contributed by atoms with Crippen molar-refractivity contribution in [3.8, 4) is 0 Å². The van der Waals surface area contributed by atoms with Crippen LogP contribution in [0.4, 0.5) is 0 Å². The van der Waals surface area contributed by atoms with Gasteiger partial charge >= 0.3 is 5.97 Å². The SMILES string of the molecule is CCCc1c(C(=O)O)nnn1C(C)C(=O)N1CCCCC1. The second kappa shape index (κ2) is 6.69. The summed E-state index contributed by atoms with van der Waals surface area (Å²) in [4.78, 5) is 25.6. The standard InChI is InChI=1S/C14H22N4O3/c1-3-7-11-12(14(20)21)15-16-18(11)10(2)13(19)17-8-5-4-6-9-17/h10H,3-9H2,1-2H3,(H,20,21). The van der Waals surface area contributed by atoms with Gasteiger partial charge in [0.2, 0.25) is 5.91 Å². The summed E-state index contributed by atoms with van der Waals surface area (Å²) in [6, 6.07) is -0.509. The van der Waals surface area contributed by atoms with Gasteiger partial charge in [0.25, 0.3) is 0 Å². The first-order chi connectivity index (χ1) is 10.1. The van der Waals surface area contributed by atoms with E-state index in [0.29, 0.717) is 12.1 Å². The lowest BCUT2D eigenvalue weighted by Crippen LogP contribution is -2.40. The molecule has 0 saturated carbocycles. The first kappa shape index (κ1) is 15.5. The summed E-state index contributed by atoms with van der Waals surface area (Å²) in [5.74, 6) is -1.10. The van der Waals surface area contributed by atoms with Gasteiger partial charge in [-0.3, -0.25) is 4.79 Å². The molecule has 1 amide bonds. The summed E-state index contributed by atoms with van der Waals surface area (Å²) in [5, 5.41) is 16.8. The van der Waals surface area contributed by atoms with Crippen LogP contribution in [0.3, 0.4) is 0 Å². The predicted octanol–water partition coefficient (Wildman–Crippen LogP) is 1.50. The number of carboxylic acid groups (broad SMARTS) is 1. The minimum absolute atomic E-state index is 0.00566. The maximum atomic E-state index is 12.5. The third-order valence-electron chi connectivity index (χ3n) is 3.87. The number of rotatable bonds is 5. The van der Waals surface area contributed by atoms with Gasteiger partial charge in [0.05, 0.1) is 5.69 Å². The van der Waals surface area contributed by atoms with Crippen LogP contribution < -0.4 is 0 Å². The Kier molecular flexibility index (Phi) is 4.93. The van der Waals surface area contributed by atoms with Gasteiger partial charge in [0, 0.05) is 13.1 Å². The molecule has 0 bridgehead atoms. The molecule has 1 atom stereocenters. The first-order valence-electron chi connectivity index (χ1n) is 7.52. The number of hydrogen-bond acceptors (Lipinski definition) is 4. The Hall–Kier alpha value is -1.92. The highest BCUT2D eigenvalue weighted by Crippen LogP contribution is 2.19. The third kappa shape index (κ3) is 3.22. The third-order valence-corrected chi connectivity index (χ3v) is 3.87. The normalized spacial score (nSPS) is 16.8. The Balaban J connectivity index is 2.23. The molecule has 116 valence electrons. The largest absolute Gasteiger partial charge is 0.476 e. The molecule has 7 heteroatoms. The van der Waals surface area contributed by atoms with Crippen LogP contribution in [-0.4, -0.2) is 50.0 Å². The number of carbonyl (C=O) groups is 2. The number of carboxylic acids is 1. The van der Waals surface area contributed by atoms with Gasteiger partial charge in [0.15, 0.2) is 5.69 Å². The molecule has 1 saturated heterocycles. The quantitative estimate of drug-likeness (QED) is 0.889. The summed E-state index contributed by atoms with van der Waals surface area (Å²) in [5.41, 5.74) is 0.484. The molecular formula is C14H22N4O3. The smallest absolute Gasteiger partial charge is 0.358 e. The number of aromatic carboxylic acids is 1. The molecule has 2 rings (SSSR count). The van der Waals surface area contributed by atoms with E-state index in [1.807, 2.05) is 11.8 Å². The van der Waals surface area contributed by atoms with E-state index < -0.39 is 12.0 Å². The van der Waals surface area contributed by atoms with E-state index in [1.165, 1.54) is 4.68 Å². The molecule has 1 fully saturated rings. The summed E-state index contributed by atoms with van der Waals surface area (Å²) in [7, 11) is 0. The molecular weight excluding hydrogens is 272 g/mol. The number of piperidine rings is 1. The van der Waals surface area contributed by atoms with Crippen molar-refractivity contribution >= 4 is 11.9 Å². The Morgan fingerprint density at radius 2 is 1.95 bits per heavy atom. The molecule has 1 aliphatic rings. The van der Waals surface area contributed by atoms with Crippen molar-refractivity contribution in [2.45, 2.75) is 52.0 Å². The van der Waals surface area contributed by atoms with E-state index in [0.717, 1.165) is 38.8 Å². The van der Waals surface area contributed by atoms with Gasteiger partial charge < -0.3 is 10.0 Å². The molecule has 1 aromatic rings. The van der Waals surface area contributed by atoms with Crippen LogP contribution in [0.1, 0.15) is 61.8 Å². The van der Waals surface area contributed by atoms with Crippen molar-refractivity contribution in [3.63, 3.8) is 0 Å². The molecule has 0 radical (unpaired) electrons. The van der Waals surface area contributed by atoms with Gasteiger partial charge in [-0.25, -0.2) is 9.48 Å². The molecule has 2 heterocycles. The average Bonchev–Trinajstić information content (AvgIpc) is 2.91. The number of aromatic nitrogens is 3. The van der Waals surface area contributed by atoms with Gasteiger partial charge in [-0.05, 0) is 32.6 Å². The van der Waals surface area contributed by atoms with Crippen molar-refractivity contribution in [1.82, 2.24) is 19.9 Å². The topological polar surface area (TPSA) is 88.3 Å². The molecule has 7 nitrogen and oxygen atoms in total. The van der Waals surface area contributed by atoms with Crippen molar-refractivity contribution < 1.29 is 14.7 Å². The fourth-order valence-corrected chi connectivity index (χ4v) is 2.74. The van der Waals surface area contributed by atoms with E-state index in [1.54, 1.807) is 6.92 Å². The lowest BCUT2D eigenvalue weighted by molar-refractivity contribution is -0.135. The average molecular weight is 294 g/mol. The number of carbonyl (C=O) groups excluding carboxylic acids is 1. The van der Waals surface area contributed by atoms with Crippen LogP contribution in [0.5, 0.6) is 0 Å². The fraction of sp³-hybridized carbons (Fsp3) is 0.714. The fourth-order valence-electron chi connectivity index (χ4n) is 2.74. The lowest BCUT2D eigenvalue weighted by atomic mass is 10.1. The molecule has 1 aromatic heterocycles. The van der Waals surface area contributed by atoms with Crippen molar-refractivity contribution in [2.75, 3.05) is 13.1 Å². The minimum atomic E-state index is -1.10. The summed E-state index contributed by atoms with van der Waals surface area (Å²) in [6.45, 7) is 5.26. The second-order valence-electron chi connectivity index (χ2n) is 5.45. The van der Waals surface area contributed by atoms with Crippen LogP contribution in [0.2, 0.25) is 0 Å². The van der Waals surface area contributed by atoms with Gasteiger partial charge in [0.1, 0.15) is 6.04 Å². The summed E-state index contributed by atoms with van der Waals surface area (Å²) < 4.78 is 1.48. The van der Waals surface area contributed by atoms with Crippen LogP contribution >= 0.6 is 0 Å². The number of amides is 1. The first-order valence-corrected chi connectivity index (χ1v) is 7.52. The lowest BCUT2D eigenvalue weighted by Gasteiger charge is -2.29. The van der Waals surface area contributed by atoms with Crippen molar-refractivity contribution in [2.24, 2.45) is 0 Å². The highest BCUT2D eigenvalue weighted by atomic mass is 16.4. The molecule has 1 unspecified atom stereocenters. The van der Waals surface area contributed by atoms with E-state index in [-0.39, 0.29) is 11.6 Å². The van der Waals surface area contributed by atoms with Crippen LogP contribution in [0.15, 0.2) is 0 Å². The number of likely N-dealkylation sites (tertiary alicyclic amines) is 1. The Bertz CT molecular complexity index is 520. The van der Waals surface area contributed by atoms with Crippen LogP contribution in [0.25, 0.3) is 0 Å². The second-order valence-corrected chi connectivity index (χ2v) is 5.45. The molecule has 21 heavy (non-hydrogen) atoms. The molecule has 0 aromatic carbocycles. The Labute approximate surface area is 123 Å². The van der Waals surface area contributed by atoms with Crippen molar-refractivity contribution in [3.05, 3.63) is 11.4 Å². The van der Waals surface area contributed by atoms with E-state index in [4.69, 9.17) is 5.11 Å². The van der Waals surface area contributed by atoms with Gasteiger partial charge in [-0.2, -0.15) is 0 Å². The van der Waals surface area contributed by atoms with Gasteiger partial charge in [-0.1, -0.05) is 18.6 Å². The molecule has 1 N–H and O–H groups in total. The Morgan fingerprint density at radius 3 is 2.52 bits per heavy atom. The minimum Gasteiger partial charge on any atom is -0.476 e. The molecule has 1 aliphatic heterocycles. The molecule has 0 aliphatic carbocycles. The highest BCUT2D eigenvalue weighted by Gasteiger charge is 2.28. The monoisotopic (exact) mass is 294 g/mol. The molecule has 0 spiro atoms. The van der Waals surface area contributed by atoms with Crippen molar-refractivity contribution in [1.29, 1.82) is 0 Å². The van der Waals surface area contributed by atoms with E-state index in [2.05, 4.69) is 10.3 Å². The summed E-state index contributed by atoms with van der Waals surface area (Å²) in [6.07, 6.45) is 4.53.